The molecule has 2 N–H and O–H groups in total. The SMILES string of the molecule is O=C(O)c1ccc(COc2cccc(C3=NCCN3)c2)cc1. The number of hydrogen-bond donors (Lipinski definition) is 2. The maximum Gasteiger partial charge on any atom is 0.335 e. The molecule has 1 aliphatic heterocycles. The van der Waals surface area contributed by atoms with E-state index in [1.165, 1.54) is 0 Å². The number of aliphatic imine (C=N–C) groups is 1. The number of rotatable bonds is 5. The Hall–Kier alpha value is -2.82. The maximum absolute atomic E-state index is 10.8. The van der Waals surface area contributed by atoms with Gasteiger partial charge in [-0.15, -0.1) is 0 Å². The Morgan fingerprint density at radius 3 is 2.73 bits per heavy atom. The Bertz CT molecular complexity index is 708. The first-order chi connectivity index (χ1) is 10.7. The Kier molecular flexibility index (Phi) is 4.05. The van der Waals surface area contributed by atoms with Gasteiger partial charge in [0.15, 0.2) is 0 Å². The van der Waals surface area contributed by atoms with E-state index in [4.69, 9.17) is 9.84 Å². The molecule has 3 rings (SSSR count). The van der Waals surface area contributed by atoms with Gasteiger partial charge in [-0.25, -0.2) is 4.79 Å². The van der Waals surface area contributed by atoms with Crippen LogP contribution in [0.5, 0.6) is 5.75 Å². The highest BCUT2D eigenvalue weighted by Gasteiger charge is 2.08. The lowest BCUT2D eigenvalue weighted by molar-refractivity contribution is 0.0697. The van der Waals surface area contributed by atoms with Gasteiger partial charge in [-0.1, -0.05) is 24.3 Å². The van der Waals surface area contributed by atoms with Crippen LogP contribution in [0.3, 0.4) is 0 Å². The molecule has 0 aliphatic carbocycles. The van der Waals surface area contributed by atoms with Crippen molar-refractivity contribution in [1.82, 2.24) is 5.32 Å². The van der Waals surface area contributed by atoms with Crippen molar-refractivity contribution in [3.05, 3.63) is 65.2 Å². The summed E-state index contributed by atoms with van der Waals surface area (Å²) < 4.78 is 5.76. The first-order valence-electron chi connectivity index (χ1n) is 7.06. The minimum Gasteiger partial charge on any atom is -0.489 e. The first-order valence-corrected chi connectivity index (χ1v) is 7.06. The van der Waals surface area contributed by atoms with Crippen molar-refractivity contribution >= 4 is 11.8 Å². The van der Waals surface area contributed by atoms with Gasteiger partial charge in [0.05, 0.1) is 12.1 Å². The molecule has 2 aromatic rings. The second kappa shape index (κ2) is 6.30. The number of carboxylic acids is 1. The minimum atomic E-state index is -0.926. The molecule has 1 heterocycles. The molecule has 5 nitrogen and oxygen atoms in total. The van der Waals surface area contributed by atoms with Crippen molar-refractivity contribution < 1.29 is 14.6 Å². The number of aromatic carboxylic acids is 1. The van der Waals surface area contributed by atoms with Crippen LogP contribution in [-0.4, -0.2) is 30.0 Å². The van der Waals surface area contributed by atoms with Crippen LogP contribution in [0.2, 0.25) is 0 Å². The molecular weight excluding hydrogens is 280 g/mol. The van der Waals surface area contributed by atoms with Crippen molar-refractivity contribution in [2.24, 2.45) is 4.99 Å². The molecule has 0 amide bonds. The topological polar surface area (TPSA) is 70.9 Å². The average molecular weight is 296 g/mol. The molecule has 0 fully saturated rings. The Morgan fingerprint density at radius 2 is 2.05 bits per heavy atom. The van der Waals surface area contributed by atoms with Gasteiger partial charge in [-0.05, 0) is 29.8 Å². The van der Waals surface area contributed by atoms with Gasteiger partial charge in [0.2, 0.25) is 0 Å². The van der Waals surface area contributed by atoms with Gasteiger partial charge >= 0.3 is 5.97 Å². The molecule has 0 unspecified atom stereocenters. The molecule has 112 valence electrons. The molecule has 0 saturated heterocycles. The van der Waals surface area contributed by atoms with E-state index in [9.17, 15) is 4.79 Å². The second-order valence-electron chi connectivity index (χ2n) is 4.98. The van der Waals surface area contributed by atoms with Crippen molar-refractivity contribution in [1.29, 1.82) is 0 Å². The summed E-state index contributed by atoms with van der Waals surface area (Å²) in [7, 11) is 0. The van der Waals surface area contributed by atoms with E-state index >= 15 is 0 Å². The lowest BCUT2D eigenvalue weighted by atomic mass is 10.1. The fourth-order valence-corrected chi connectivity index (χ4v) is 2.23. The van der Waals surface area contributed by atoms with Crippen LogP contribution in [0.1, 0.15) is 21.5 Å². The van der Waals surface area contributed by atoms with Gasteiger partial charge in [0, 0.05) is 12.1 Å². The van der Waals surface area contributed by atoms with Gasteiger partial charge in [-0.2, -0.15) is 0 Å². The normalized spacial score (nSPS) is 13.4. The van der Waals surface area contributed by atoms with Crippen molar-refractivity contribution in [3.63, 3.8) is 0 Å². The van der Waals surface area contributed by atoms with E-state index in [1.807, 2.05) is 24.3 Å². The van der Waals surface area contributed by atoms with Crippen LogP contribution in [0, 0.1) is 0 Å². The molecule has 22 heavy (non-hydrogen) atoms. The predicted octanol–water partition coefficient (Wildman–Crippen LogP) is 2.31. The van der Waals surface area contributed by atoms with Crippen LogP contribution in [0.25, 0.3) is 0 Å². The Morgan fingerprint density at radius 1 is 1.23 bits per heavy atom. The van der Waals surface area contributed by atoms with Gasteiger partial charge in [0.1, 0.15) is 18.2 Å². The fraction of sp³-hybridized carbons (Fsp3) is 0.176. The maximum atomic E-state index is 10.8. The number of carbonyl (C=O) groups is 1. The molecule has 0 spiro atoms. The summed E-state index contributed by atoms with van der Waals surface area (Å²) in [4.78, 5) is 15.2. The van der Waals surface area contributed by atoms with E-state index in [0.717, 1.165) is 35.8 Å². The third kappa shape index (κ3) is 3.25. The molecule has 0 aromatic heterocycles. The molecule has 1 aliphatic rings. The second-order valence-corrected chi connectivity index (χ2v) is 4.98. The highest BCUT2D eigenvalue weighted by molar-refractivity contribution is 6.00. The Labute approximate surface area is 128 Å². The number of hydrogen-bond acceptors (Lipinski definition) is 4. The molecular formula is C17H16N2O3. The zero-order chi connectivity index (χ0) is 15.4. The first kappa shape index (κ1) is 14.1. The van der Waals surface area contributed by atoms with E-state index in [2.05, 4.69) is 10.3 Å². The summed E-state index contributed by atoms with van der Waals surface area (Å²) in [6, 6.07) is 14.4. The monoisotopic (exact) mass is 296 g/mol. The average Bonchev–Trinajstić information content (AvgIpc) is 3.08. The lowest BCUT2D eigenvalue weighted by Gasteiger charge is -2.09. The molecule has 0 atom stereocenters. The lowest BCUT2D eigenvalue weighted by Crippen LogP contribution is -2.19. The number of benzene rings is 2. The summed E-state index contributed by atoms with van der Waals surface area (Å²) in [6.07, 6.45) is 0. The van der Waals surface area contributed by atoms with Crippen LogP contribution in [0.15, 0.2) is 53.5 Å². The number of ether oxygens (including phenoxy) is 1. The summed E-state index contributed by atoms with van der Waals surface area (Å²) in [6.45, 7) is 2.07. The summed E-state index contributed by atoms with van der Waals surface area (Å²) in [5.74, 6) is 0.734. The summed E-state index contributed by atoms with van der Waals surface area (Å²) >= 11 is 0. The van der Waals surface area contributed by atoms with Crippen molar-refractivity contribution in [3.8, 4) is 5.75 Å². The highest BCUT2D eigenvalue weighted by Crippen LogP contribution is 2.16. The molecule has 0 bridgehead atoms. The van der Waals surface area contributed by atoms with Gasteiger partial charge in [0.25, 0.3) is 0 Å². The quantitative estimate of drug-likeness (QED) is 0.888. The number of nitrogens with one attached hydrogen (secondary N) is 1. The molecule has 0 saturated carbocycles. The van der Waals surface area contributed by atoms with E-state index in [-0.39, 0.29) is 5.56 Å². The predicted molar refractivity (Wildman–Crippen MR) is 83.6 cm³/mol. The van der Waals surface area contributed by atoms with Crippen LogP contribution in [-0.2, 0) is 6.61 Å². The Balaban J connectivity index is 1.66. The molecule has 5 heteroatoms. The van der Waals surface area contributed by atoms with Gasteiger partial charge < -0.3 is 15.2 Å². The zero-order valence-corrected chi connectivity index (χ0v) is 12.0. The third-order valence-electron chi connectivity index (χ3n) is 3.39. The number of nitrogens with zero attached hydrogens (tertiary/aromatic N) is 1. The third-order valence-corrected chi connectivity index (χ3v) is 3.39. The van der Waals surface area contributed by atoms with E-state index in [0.29, 0.717) is 6.61 Å². The standard InChI is InChI=1S/C17H16N2O3/c20-17(21)13-6-4-12(5-7-13)11-22-15-3-1-2-14(10-15)16-18-8-9-19-16/h1-7,10H,8-9,11H2,(H,18,19)(H,20,21). The minimum absolute atomic E-state index is 0.274. The largest absolute Gasteiger partial charge is 0.489 e. The number of carboxylic acid groups (broad SMARTS) is 1. The van der Waals surface area contributed by atoms with E-state index in [1.54, 1.807) is 24.3 Å². The van der Waals surface area contributed by atoms with Crippen LogP contribution < -0.4 is 10.1 Å². The van der Waals surface area contributed by atoms with Crippen LogP contribution >= 0.6 is 0 Å². The van der Waals surface area contributed by atoms with Crippen LogP contribution in [0.4, 0.5) is 0 Å². The summed E-state index contributed by atoms with van der Waals surface area (Å²) in [5, 5.41) is 12.1. The number of amidine groups is 1. The van der Waals surface area contributed by atoms with E-state index < -0.39 is 5.97 Å². The smallest absolute Gasteiger partial charge is 0.335 e. The highest BCUT2D eigenvalue weighted by atomic mass is 16.5. The van der Waals surface area contributed by atoms with Crippen molar-refractivity contribution in [2.75, 3.05) is 13.1 Å². The molecule has 0 radical (unpaired) electrons. The summed E-state index contributed by atoms with van der Waals surface area (Å²) in [5.41, 5.74) is 2.21. The molecule has 2 aromatic carbocycles. The zero-order valence-electron chi connectivity index (χ0n) is 12.0. The van der Waals surface area contributed by atoms with Crippen molar-refractivity contribution in [2.45, 2.75) is 6.61 Å². The van der Waals surface area contributed by atoms with Gasteiger partial charge in [-0.3, -0.25) is 4.99 Å². The fourth-order valence-electron chi connectivity index (χ4n) is 2.23.